The number of carbonyl (C=O) groups is 2. The number of nitrogens with zero attached hydrogens (tertiary/aromatic N) is 1. The molecular weight excluding hydrogens is 340 g/mol. The van der Waals surface area contributed by atoms with E-state index in [9.17, 15) is 23.1 Å². The number of aromatic carboxylic acids is 1. The predicted octanol–water partition coefficient (Wildman–Crippen LogP) is 1.68. The lowest BCUT2D eigenvalue weighted by Crippen LogP contribution is -2.29. The Bertz CT molecular complexity index is 724. The molecule has 1 fully saturated rings. The van der Waals surface area contributed by atoms with Crippen molar-refractivity contribution in [3.8, 4) is 0 Å². The molecule has 23 heavy (non-hydrogen) atoms. The minimum Gasteiger partial charge on any atom is -0.478 e. The number of carboxylic acid groups (broad SMARTS) is 1. The summed E-state index contributed by atoms with van der Waals surface area (Å²) in [5, 5.41) is 12.3. The molecule has 0 spiro atoms. The van der Waals surface area contributed by atoms with Gasteiger partial charge >= 0.3 is 5.97 Å². The van der Waals surface area contributed by atoms with Crippen molar-refractivity contribution >= 4 is 38.2 Å². The molecule has 1 amide bonds. The number of amides is 1. The van der Waals surface area contributed by atoms with Gasteiger partial charge in [-0.25, -0.2) is 17.5 Å². The number of anilines is 1. The third-order valence-electron chi connectivity index (χ3n) is 3.82. The largest absolute Gasteiger partial charge is 0.478 e. The maximum atomic E-state index is 12.0. The number of hydrogen-bond acceptors (Lipinski definition) is 5. The van der Waals surface area contributed by atoms with Crippen molar-refractivity contribution in [1.29, 1.82) is 0 Å². The van der Waals surface area contributed by atoms with Gasteiger partial charge in [0.05, 0.1) is 11.3 Å². The molecule has 0 radical (unpaired) electrons. The molecule has 9 heteroatoms. The first-order valence-electron chi connectivity index (χ1n) is 7.39. The van der Waals surface area contributed by atoms with Crippen molar-refractivity contribution in [2.24, 2.45) is 0 Å². The molecule has 0 atom stereocenters. The van der Waals surface area contributed by atoms with Crippen LogP contribution in [-0.2, 0) is 21.2 Å². The lowest BCUT2D eigenvalue weighted by molar-refractivity contribution is -0.116. The predicted molar refractivity (Wildman–Crippen MR) is 88.6 cm³/mol. The second kappa shape index (κ2) is 6.98. The molecule has 0 aliphatic carbocycles. The lowest BCUT2D eigenvalue weighted by Gasteiger charge is -2.13. The van der Waals surface area contributed by atoms with Crippen LogP contribution in [0.25, 0.3) is 0 Å². The Morgan fingerprint density at radius 2 is 2.09 bits per heavy atom. The van der Waals surface area contributed by atoms with Gasteiger partial charge in [-0.3, -0.25) is 4.79 Å². The summed E-state index contributed by atoms with van der Waals surface area (Å²) in [6, 6.07) is 0. The minimum absolute atomic E-state index is 0.0106. The number of aryl methyl sites for hydroxylation is 1. The Hall–Kier alpha value is -1.45. The van der Waals surface area contributed by atoms with Crippen LogP contribution < -0.4 is 5.32 Å². The van der Waals surface area contributed by atoms with E-state index in [0.29, 0.717) is 24.4 Å². The van der Waals surface area contributed by atoms with E-state index in [2.05, 4.69) is 5.32 Å². The van der Waals surface area contributed by atoms with E-state index >= 15 is 0 Å². The second-order valence-corrected chi connectivity index (χ2v) is 8.68. The summed E-state index contributed by atoms with van der Waals surface area (Å²) in [5.74, 6) is -1.32. The molecule has 128 valence electrons. The lowest BCUT2D eigenvalue weighted by atomic mass is 10.1. The van der Waals surface area contributed by atoms with Crippen molar-refractivity contribution in [2.45, 2.75) is 33.1 Å². The quantitative estimate of drug-likeness (QED) is 0.803. The average Bonchev–Trinajstić information content (AvgIpc) is 2.95. The molecule has 1 aromatic rings. The van der Waals surface area contributed by atoms with Crippen molar-refractivity contribution in [3.63, 3.8) is 0 Å². The highest BCUT2D eigenvalue weighted by Crippen LogP contribution is 2.33. The Labute approximate surface area is 139 Å². The molecule has 0 unspecified atom stereocenters. The van der Waals surface area contributed by atoms with Crippen LogP contribution >= 0.6 is 11.3 Å². The van der Waals surface area contributed by atoms with Gasteiger partial charge in [0.2, 0.25) is 15.9 Å². The maximum Gasteiger partial charge on any atom is 0.339 e. The summed E-state index contributed by atoms with van der Waals surface area (Å²) in [7, 11) is -3.22. The van der Waals surface area contributed by atoms with E-state index in [1.165, 1.54) is 15.6 Å². The highest BCUT2D eigenvalue weighted by Gasteiger charge is 2.28. The zero-order chi connectivity index (χ0) is 17.2. The summed E-state index contributed by atoms with van der Waals surface area (Å²) >= 11 is 1.24. The number of rotatable bonds is 6. The van der Waals surface area contributed by atoms with Crippen molar-refractivity contribution in [3.05, 3.63) is 16.0 Å². The Morgan fingerprint density at radius 1 is 1.39 bits per heavy atom. The fourth-order valence-corrected chi connectivity index (χ4v) is 5.36. The Balaban J connectivity index is 2.05. The number of carboxylic acids is 1. The van der Waals surface area contributed by atoms with E-state index in [1.54, 1.807) is 0 Å². The van der Waals surface area contributed by atoms with Gasteiger partial charge in [0, 0.05) is 24.4 Å². The molecule has 0 saturated carbocycles. The van der Waals surface area contributed by atoms with E-state index in [4.69, 9.17) is 0 Å². The summed E-state index contributed by atoms with van der Waals surface area (Å²) in [4.78, 5) is 24.3. The number of thiophene rings is 1. The van der Waals surface area contributed by atoms with Gasteiger partial charge in [-0.15, -0.1) is 11.3 Å². The van der Waals surface area contributed by atoms with Crippen LogP contribution in [0.2, 0.25) is 0 Å². The van der Waals surface area contributed by atoms with E-state index < -0.39 is 16.0 Å². The summed E-state index contributed by atoms with van der Waals surface area (Å²) < 4.78 is 24.7. The topological polar surface area (TPSA) is 104 Å². The van der Waals surface area contributed by atoms with E-state index in [-0.39, 0.29) is 30.2 Å². The monoisotopic (exact) mass is 360 g/mol. The zero-order valence-corrected chi connectivity index (χ0v) is 14.7. The molecule has 2 rings (SSSR count). The molecule has 2 heterocycles. The van der Waals surface area contributed by atoms with Gasteiger partial charge in [0.15, 0.2) is 0 Å². The molecule has 7 nitrogen and oxygen atoms in total. The molecular formula is C14H20N2O5S2. The average molecular weight is 360 g/mol. The molecule has 1 aliphatic rings. The van der Waals surface area contributed by atoms with Gasteiger partial charge < -0.3 is 10.4 Å². The van der Waals surface area contributed by atoms with E-state index in [1.807, 2.05) is 13.8 Å². The summed E-state index contributed by atoms with van der Waals surface area (Å²) in [6.07, 6.45) is 1.17. The normalized spacial score (nSPS) is 17.3. The molecule has 0 aromatic carbocycles. The van der Waals surface area contributed by atoms with Crippen LogP contribution in [0.1, 0.15) is 40.6 Å². The molecule has 2 N–H and O–H groups in total. The van der Waals surface area contributed by atoms with Crippen LogP contribution in [0.3, 0.4) is 0 Å². The molecule has 1 aliphatic heterocycles. The van der Waals surface area contributed by atoms with E-state index in [0.717, 1.165) is 10.4 Å². The third kappa shape index (κ3) is 3.91. The fraction of sp³-hybridized carbons (Fsp3) is 0.571. The van der Waals surface area contributed by atoms with Crippen LogP contribution in [0.5, 0.6) is 0 Å². The van der Waals surface area contributed by atoms with Crippen molar-refractivity contribution < 1.29 is 23.1 Å². The molecule has 1 aromatic heterocycles. The first-order chi connectivity index (χ1) is 10.8. The SMILES string of the molecule is CCc1c(C)sc(NC(=O)CCN2CCCS2(=O)=O)c1C(=O)O. The third-order valence-corrected chi connectivity index (χ3v) is 6.84. The smallest absolute Gasteiger partial charge is 0.339 e. The van der Waals surface area contributed by atoms with Gasteiger partial charge in [0.25, 0.3) is 0 Å². The number of sulfonamides is 1. The molecule has 1 saturated heterocycles. The standard InChI is InChI=1S/C14H20N2O5S2/c1-3-10-9(2)22-13(12(10)14(18)19)15-11(17)5-7-16-6-4-8-23(16,20)21/h3-8H2,1-2H3,(H,15,17)(H,18,19). The van der Waals surface area contributed by atoms with Crippen molar-refractivity contribution in [2.75, 3.05) is 24.2 Å². The maximum absolute atomic E-state index is 12.0. The minimum atomic E-state index is -3.22. The number of hydrogen-bond donors (Lipinski definition) is 2. The van der Waals surface area contributed by atoms with Crippen molar-refractivity contribution in [1.82, 2.24) is 4.31 Å². The van der Waals surface area contributed by atoms with Crippen LogP contribution in [0.15, 0.2) is 0 Å². The Kier molecular flexibility index (Phi) is 5.43. The zero-order valence-electron chi connectivity index (χ0n) is 13.1. The highest BCUT2D eigenvalue weighted by atomic mass is 32.2. The number of nitrogens with one attached hydrogen (secondary N) is 1. The van der Waals surface area contributed by atoms with Crippen LogP contribution in [-0.4, -0.2) is 48.5 Å². The highest BCUT2D eigenvalue weighted by molar-refractivity contribution is 7.89. The van der Waals surface area contributed by atoms with Gasteiger partial charge in [-0.05, 0) is 25.3 Å². The second-order valence-electron chi connectivity index (χ2n) is 5.37. The van der Waals surface area contributed by atoms with Gasteiger partial charge in [0.1, 0.15) is 5.00 Å². The van der Waals surface area contributed by atoms with Gasteiger partial charge in [-0.2, -0.15) is 0 Å². The van der Waals surface area contributed by atoms with Crippen LogP contribution in [0.4, 0.5) is 5.00 Å². The fourth-order valence-electron chi connectivity index (χ4n) is 2.68. The summed E-state index contributed by atoms with van der Waals surface area (Å²) in [6.45, 7) is 4.25. The van der Waals surface area contributed by atoms with Crippen LogP contribution in [0, 0.1) is 6.92 Å². The first kappa shape index (κ1) is 17.9. The summed E-state index contributed by atoms with van der Waals surface area (Å²) in [5.41, 5.74) is 0.858. The number of carbonyl (C=O) groups excluding carboxylic acids is 1. The molecule has 0 bridgehead atoms. The first-order valence-corrected chi connectivity index (χ1v) is 9.82. The Morgan fingerprint density at radius 3 is 2.61 bits per heavy atom. The van der Waals surface area contributed by atoms with Gasteiger partial charge in [-0.1, -0.05) is 6.92 Å².